The molecule has 0 saturated carbocycles. The monoisotopic (exact) mass is 333 g/mol. The maximum absolute atomic E-state index is 12.1. The standard InChI is InChI=1S/C10H8INO2S/c11-8-4-1-2-5-9(8)15(13,14)10-6-3-7-12-10/h1-6H,7H2. The summed E-state index contributed by atoms with van der Waals surface area (Å²) in [4.78, 5) is 4.27. The molecule has 5 heteroatoms. The highest BCUT2D eigenvalue weighted by molar-refractivity contribution is 14.1. The van der Waals surface area contributed by atoms with Crippen molar-refractivity contribution in [3.8, 4) is 0 Å². The van der Waals surface area contributed by atoms with Gasteiger partial charge in [0.25, 0.3) is 0 Å². The zero-order valence-corrected chi connectivity index (χ0v) is 10.7. The summed E-state index contributed by atoms with van der Waals surface area (Å²) in [5.41, 5.74) is 0. The summed E-state index contributed by atoms with van der Waals surface area (Å²) in [6.07, 6.45) is 3.29. The molecule has 2 rings (SSSR count). The molecule has 0 aliphatic carbocycles. The maximum Gasteiger partial charge on any atom is 0.224 e. The molecule has 0 spiro atoms. The third-order valence-corrected chi connectivity index (χ3v) is 5.07. The summed E-state index contributed by atoms with van der Waals surface area (Å²) in [6, 6.07) is 6.90. The van der Waals surface area contributed by atoms with Crippen molar-refractivity contribution in [3.05, 3.63) is 40.0 Å². The van der Waals surface area contributed by atoms with Gasteiger partial charge in [-0.25, -0.2) is 8.42 Å². The van der Waals surface area contributed by atoms with Gasteiger partial charge in [-0.05, 0) is 40.8 Å². The van der Waals surface area contributed by atoms with Gasteiger partial charge in [0.05, 0.1) is 11.4 Å². The lowest BCUT2D eigenvalue weighted by molar-refractivity contribution is 0.607. The SMILES string of the molecule is O=S(=O)(C1=NCC=C1)c1ccccc1I. The molecule has 0 unspecified atom stereocenters. The van der Waals surface area contributed by atoms with Crippen LogP contribution in [0.5, 0.6) is 0 Å². The predicted molar refractivity (Wildman–Crippen MR) is 67.8 cm³/mol. The van der Waals surface area contributed by atoms with Crippen LogP contribution in [0.15, 0.2) is 46.3 Å². The van der Waals surface area contributed by atoms with E-state index in [1.807, 2.05) is 28.7 Å². The fraction of sp³-hybridized carbons (Fsp3) is 0.100. The van der Waals surface area contributed by atoms with E-state index in [0.29, 0.717) is 11.4 Å². The highest BCUT2D eigenvalue weighted by Gasteiger charge is 2.23. The molecule has 15 heavy (non-hydrogen) atoms. The van der Waals surface area contributed by atoms with E-state index in [1.165, 1.54) is 0 Å². The molecular weight excluding hydrogens is 325 g/mol. The molecule has 0 fully saturated rings. The first kappa shape index (κ1) is 10.8. The van der Waals surface area contributed by atoms with Crippen LogP contribution in [-0.4, -0.2) is 20.0 Å². The quantitative estimate of drug-likeness (QED) is 0.739. The first-order chi connectivity index (χ1) is 7.12. The van der Waals surface area contributed by atoms with Gasteiger partial charge in [0.15, 0.2) is 5.04 Å². The van der Waals surface area contributed by atoms with E-state index in [9.17, 15) is 8.42 Å². The lowest BCUT2D eigenvalue weighted by Crippen LogP contribution is -2.12. The fourth-order valence-electron chi connectivity index (χ4n) is 1.30. The Morgan fingerprint density at radius 3 is 2.60 bits per heavy atom. The van der Waals surface area contributed by atoms with Crippen LogP contribution in [0.3, 0.4) is 0 Å². The molecule has 1 aromatic carbocycles. The fourth-order valence-corrected chi connectivity index (χ4v) is 3.88. The van der Waals surface area contributed by atoms with Crippen LogP contribution in [0.1, 0.15) is 0 Å². The molecule has 0 atom stereocenters. The summed E-state index contributed by atoms with van der Waals surface area (Å²) in [7, 11) is -3.41. The van der Waals surface area contributed by atoms with Crippen molar-refractivity contribution in [2.24, 2.45) is 4.99 Å². The number of halogens is 1. The van der Waals surface area contributed by atoms with Gasteiger partial charge in [-0.3, -0.25) is 4.99 Å². The highest BCUT2D eigenvalue weighted by atomic mass is 127. The highest BCUT2D eigenvalue weighted by Crippen LogP contribution is 2.21. The number of hydrogen-bond acceptors (Lipinski definition) is 3. The van der Waals surface area contributed by atoms with Crippen molar-refractivity contribution >= 4 is 37.5 Å². The average molecular weight is 333 g/mol. The third kappa shape index (κ3) is 1.98. The number of hydrogen-bond donors (Lipinski definition) is 0. The van der Waals surface area contributed by atoms with Crippen molar-refractivity contribution in [2.45, 2.75) is 4.90 Å². The molecule has 0 N–H and O–H groups in total. The zero-order valence-electron chi connectivity index (χ0n) is 7.72. The Bertz CT molecular complexity index is 546. The van der Waals surface area contributed by atoms with Crippen LogP contribution in [0.4, 0.5) is 0 Å². The Labute approximate surface area is 102 Å². The Morgan fingerprint density at radius 1 is 1.27 bits per heavy atom. The number of nitrogens with zero attached hydrogens (tertiary/aromatic N) is 1. The Balaban J connectivity index is 2.56. The van der Waals surface area contributed by atoms with E-state index < -0.39 is 9.84 Å². The van der Waals surface area contributed by atoms with Crippen LogP contribution >= 0.6 is 22.6 Å². The summed E-state index contributed by atoms with van der Waals surface area (Å²) in [5.74, 6) is 0. The second-order valence-electron chi connectivity index (χ2n) is 3.02. The van der Waals surface area contributed by atoms with Crippen molar-refractivity contribution in [3.63, 3.8) is 0 Å². The molecule has 0 amide bonds. The van der Waals surface area contributed by atoms with E-state index in [0.717, 1.165) is 3.57 Å². The Kier molecular flexibility index (Phi) is 2.92. The molecule has 0 radical (unpaired) electrons. The Hall–Kier alpha value is -0.690. The van der Waals surface area contributed by atoms with Crippen molar-refractivity contribution in [2.75, 3.05) is 6.54 Å². The van der Waals surface area contributed by atoms with Crippen LogP contribution < -0.4 is 0 Å². The molecule has 3 nitrogen and oxygen atoms in total. The molecule has 0 aromatic heterocycles. The second kappa shape index (κ2) is 4.05. The number of sulfone groups is 1. The van der Waals surface area contributed by atoms with E-state index in [2.05, 4.69) is 4.99 Å². The minimum absolute atomic E-state index is 0.159. The number of aliphatic imine (C=N–C) groups is 1. The van der Waals surface area contributed by atoms with Gasteiger partial charge in [-0.2, -0.15) is 0 Å². The molecule has 0 bridgehead atoms. The summed E-state index contributed by atoms with van der Waals surface area (Å²) in [6.45, 7) is 0.456. The van der Waals surface area contributed by atoms with Crippen molar-refractivity contribution in [1.29, 1.82) is 0 Å². The maximum atomic E-state index is 12.1. The first-order valence-electron chi connectivity index (χ1n) is 4.33. The first-order valence-corrected chi connectivity index (χ1v) is 6.89. The van der Waals surface area contributed by atoms with Crippen LogP contribution in [0.2, 0.25) is 0 Å². The van der Waals surface area contributed by atoms with Crippen molar-refractivity contribution < 1.29 is 8.42 Å². The number of benzene rings is 1. The van der Waals surface area contributed by atoms with Crippen molar-refractivity contribution in [1.82, 2.24) is 0 Å². The van der Waals surface area contributed by atoms with E-state index >= 15 is 0 Å². The van der Waals surface area contributed by atoms with Gasteiger partial charge in [-0.1, -0.05) is 18.2 Å². The summed E-state index contributed by atoms with van der Waals surface area (Å²) in [5, 5.41) is 0.159. The van der Waals surface area contributed by atoms with Crippen LogP contribution in [0, 0.1) is 3.57 Å². The second-order valence-corrected chi connectivity index (χ2v) is 6.04. The van der Waals surface area contributed by atoms with E-state index in [-0.39, 0.29) is 5.04 Å². The molecular formula is C10H8INO2S. The smallest absolute Gasteiger partial charge is 0.224 e. The van der Waals surface area contributed by atoms with Gasteiger partial charge < -0.3 is 0 Å². The minimum atomic E-state index is -3.41. The third-order valence-electron chi connectivity index (χ3n) is 2.01. The molecule has 1 heterocycles. The normalized spacial score (nSPS) is 15.4. The van der Waals surface area contributed by atoms with E-state index in [4.69, 9.17) is 0 Å². The van der Waals surface area contributed by atoms with Gasteiger partial charge in [0.2, 0.25) is 9.84 Å². The average Bonchev–Trinajstić information content (AvgIpc) is 2.71. The minimum Gasteiger partial charge on any atom is -0.269 e. The van der Waals surface area contributed by atoms with E-state index in [1.54, 1.807) is 30.4 Å². The zero-order chi connectivity index (χ0) is 10.9. The Morgan fingerprint density at radius 2 is 2.00 bits per heavy atom. The predicted octanol–water partition coefficient (Wildman–Crippen LogP) is 2.03. The topological polar surface area (TPSA) is 46.5 Å². The van der Waals surface area contributed by atoms with Gasteiger partial charge in [-0.15, -0.1) is 0 Å². The molecule has 0 saturated heterocycles. The van der Waals surface area contributed by atoms with Crippen LogP contribution in [0.25, 0.3) is 0 Å². The van der Waals surface area contributed by atoms with Crippen LogP contribution in [-0.2, 0) is 9.84 Å². The molecule has 78 valence electrons. The lowest BCUT2D eigenvalue weighted by Gasteiger charge is -2.04. The summed E-state index contributed by atoms with van der Waals surface area (Å²) < 4.78 is 24.9. The number of rotatable bonds is 1. The molecule has 1 aliphatic heterocycles. The molecule has 1 aliphatic rings. The van der Waals surface area contributed by atoms with Gasteiger partial charge in [0, 0.05) is 3.57 Å². The lowest BCUT2D eigenvalue weighted by atomic mass is 10.4. The molecule has 1 aromatic rings. The van der Waals surface area contributed by atoms with Gasteiger partial charge >= 0.3 is 0 Å². The summed E-state index contributed by atoms with van der Waals surface area (Å²) >= 11 is 2.01. The largest absolute Gasteiger partial charge is 0.269 e. The van der Waals surface area contributed by atoms with Gasteiger partial charge in [0.1, 0.15) is 0 Å².